The molecule has 1 aliphatic carbocycles. The molecular formula is C26H26FN3O2. The van der Waals surface area contributed by atoms with Gasteiger partial charge in [-0.15, -0.1) is 0 Å². The summed E-state index contributed by atoms with van der Waals surface area (Å²) < 4.78 is 21.5. The zero-order chi connectivity index (χ0) is 22.2. The molecular weight excluding hydrogens is 405 g/mol. The number of carbonyl (C=O) groups is 1. The van der Waals surface area contributed by atoms with E-state index in [0.717, 1.165) is 47.1 Å². The summed E-state index contributed by atoms with van der Waals surface area (Å²) in [6, 6.07) is 15.0. The summed E-state index contributed by atoms with van der Waals surface area (Å²) in [6.07, 6.45) is 4.17. The third kappa shape index (κ3) is 3.81. The second-order valence-corrected chi connectivity index (χ2v) is 8.85. The summed E-state index contributed by atoms with van der Waals surface area (Å²) in [5, 5.41) is 8.19. The lowest BCUT2D eigenvalue weighted by Gasteiger charge is -2.26. The van der Waals surface area contributed by atoms with Crippen molar-refractivity contribution in [2.75, 3.05) is 0 Å². The van der Waals surface area contributed by atoms with Crippen LogP contribution in [-0.2, 0) is 24.2 Å². The van der Waals surface area contributed by atoms with E-state index in [1.165, 1.54) is 17.3 Å². The highest BCUT2D eigenvalue weighted by Gasteiger charge is 2.27. The zero-order valence-electron chi connectivity index (χ0n) is 18.3. The molecule has 2 heterocycles. The predicted molar refractivity (Wildman–Crippen MR) is 122 cm³/mol. The number of carbonyl (C=O) groups excluding carboxylic acids is 1. The van der Waals surface area contributed by atoms with Crippen LogP contribution in [0.5, 0.6) is 0 Å². The normalized spacial score (nSPS) is 15.8. The molecule has 1 unspecified atom stereocenters. The number of aromatic nitrogens is 2. The van der Waals surface area contributed by atoms with Gasteiger partial charge in [-0.05, 0) is 60.7 Å². The van der Waals surface area contributed by atoms with Crippen LogP contribution in [0.1, 0.15) is 37.1 Å². The first-order valence-electron chi connectivity index (χ1n) is 11.1. The van der Waals surface area contributed by atoms with Crippen molar-refractivity contribution in [2.24, 2.45) is 5.92 Å². The third-order valence-corrected chi connectivity index (χ3v) is 6.29. The number of nitrogens with zero attached hydrogens (tertiary/aromatic N) is 2. The van der Waals surface area contributed by atoms with Gasteiger partial charge in [0.25, 0.3) is 0 Å². The minimum atomic E-state index is -0.225. The van der Waals surface area contributed by atoms with Gasteiger partial charge in [0, 0.05) is 46.7 Å². The molecule has 5 rings (SSSR count). The molecule has 6 heteroatoms. The Balaban J connectivity index is 1.59. The van der Waals surface area contributed by atoms with Crippen molar-refractivity contribution >= 4 is 16.8 Å². The standard InChI is InChI=1S/C26H26FN3O2/c1-16(2)26(31)29-20-7-9-24-22(14-20)21-13-18(25-10-11-28-32-25)6-8-23(21)30(24)15-17-4-3-5-19(27)12-17/h3-6,8,10-13,16,20H,7,9,14-15H2,1-2H3,(H,29,31). The van der Waals surface area contributed by atoms with Gasteiger partial charge in [0.05, 0.1) is 6.20 Å². The number of rotatable bonds is 5. The van der Waals surface area contributed by atoms with Gasteiger partial charge < -0.3 is 14.4 Å². The number of halogens is 1. The maximum Gasteiger partial charge on any atom is 0.222 e. The fraction of sp³-hybridized carbons (Fsp3) is 0.308. The van der Waals surface area contributed by atoms with E-state index >= 15 is 0 Å². The van der Waals surface area contributed by atoms with Crippen molar-refractivity contribution in [3.63, 3.8) is 0 Å². The molecule has 1 amide bonds. The molecule has 0 aliphatic heterocycles. The number of benzene rings is 2. The maximum absolute atomic E-state index is 13.8. The first kappa shape index (κ1) is 20.5. The van der Waals surface area contributed by atoms with Crippen LogP contribution in [0.15, 0.2) is 59.3 Å². The van der Waals surface area contributed by atoms with Gasteiger partial charge in [0.2, 0.25) is 5.91 Å². The monoisotopic (exact) mass is 431 g/mol. The van der Waals surface area contributed by atoms with Crippen LogP contribution in [0.2, 0.25) is 0 Å². The number of amides is 1. The molecule has 0 fully saturated rings. The van der Waals surface area contributed by atoms with Crippen molar-refractivity contribution in [1.82, 2.24) is 15.0 Å². The van der Waals surface area contributed by atoms with Crippen LogP contribution in [0.3, 0.4) is 0 Å². The predicted octanol–water partition coefficient (Wildman–Crippen LogP) is 5.11. The third-order valence-electron chi connectivity index (χ3n) is 6.29. The second kappa shape index (κ2) is 8.26. The molecule has 2 aromatic carbocycles. The van der Waals surface area contributed by atoms with E-state index in [1.807, 2.05) is 32.0 Å². The van der Waals surface area contributed by atoms with Crippen molar-refractivity contribution in [3.8, 4) is 11.3 Å². The molecule has 1 N–H and O–H groups in total. The van der Waals surface area contributed by atoms with E-state index in [2.05, 4.69) is 27.2 Å². The highest BCUT2D eigenvalue weighted by molar-refractivity contribution is 5.90. The minimum Gasteiger partial charge on any atom is -0.356 e. The summed E-state index contributed by atoms with van der Waals surface area (Å²) in [4.78, 5) is 12.3. The quantitative estimate of drug-likeness (QED) is 0.478. The smallest absolute Gasteiger partial charge is 0.222 e. The Kier molecular flexibility index (Phi) is 5.29. The molecule has 2 aromatic heterocycles. The Labute approximate surface area is 186 Å². The molecule has 1 aliphatic rings. The Morgan fingerprint density at radius 1 is 1.25 bits per heavy atom. The number of nitrogens with one attached hydrogen (secondary N) is 1. The lowest BCUT2D eigenvalue weighted by Crippen LogP contribution is -2.41. The molecule has 0 bridgehead atoms. The highest BCUT2D eigenvalue weighted by Crippen LogP contribution is 2.35. The average molecular weight is 432 g/mol. The molecule has 1 atom stereocenters. The Hall–Kier alpha value is -3.41. The maximum atomic E-state index is 13.8. The lowest BCUT2D eigenvalue weighted by molar-refractivity contribution is -0.124. The van der Waals surface area contributed by atoms with E-state index in [-0.39, 0.29) is 23.7 Å². The second-order valence-electron chi connectivity index (χ2n) is 8.85. The molecule has 0 saturated carbocycles. The Bertz CT molecular complexity index is 1270. The SMILES string of the molecule is CC(C)C(=O)NC1CCc2c(c3cc(-c4ccno4)ccc3n2Cc2cccc(F)c2)C1. The summed E-state index contributed by atoms with van der Waals surface area (Å²) in [5.41, 5.74) is 5.51. The molecule has 5 nitrogen and oxygen atoms in total. The minimum absolute atomic E-state index is 0.0382. The molecule has 0 radical (unpaired) electrons. The topological polar surface area (TPSA) is 60.1 Å². The van der Waals surface area contributed by atoms with Gasteiger partial charge in [0.15, 0.2) is 5.76 Å². The average Bonchev–Trinajstić information content (AvgIpc) is 3.41. The summed E-state index contributed by atoms with van der Waals surface area (Å²) in [5.74, 6) is 0.545. The van der Waals surface area contributed by atoms with Crippen molar-refractivity contribution in [3.05, 3.63) is 77.4 Å². The van der Waals surface area contributed by atoms with E-state index < -0.39 is 0 Å². The lowest BCUT2D eigenvalue weighted by atomic mass is 9.90. The number of fused-ring (bicyclic) bond motifs is 3. The van der Waals surface area contributed by atoms with Crippen LogP contribution >= 0.6 is 0 Å². The van der Waals surface area contributed by atoms with Gasteiger partial charge in [-0.1, -0.05) is 31.1 Å². The van der Waals surface area contributed by atoms with Crippen LogP contribution in [-0.4, -0.2) is 21.7 Å². The first-order chi connectivity index (χ1) is 15.5. The van der Waals surface area contributed by atoms with Gasteiger partial charge in [-0.25, -0.2) is 4.39 Å². The van der Waals surface area contributed by atoms with Crippen LogP contribution in [0.25, 0.3) is 22.2 Å². The molecule has 4 aromatic rings. The fourth-order valence-corrected chi connectivity index (χ4v) is 4.66. The van der Waals surface area contributed by atoms with Crippen LogP contribution in [0, 0.1) is 11.7 Å². The van der Waals surface area contributed by atoms with Crippen LogP contribution < -0.4 is 5.32 Å². The fourth-order valence-electron chi connectivity index (χ4n) is 4.66. The van der Waals surface area contributed by atoms with Crippen molar-refractivity contribution in [2.45, 2.75) is 45.7 Å². The molecule has 32 heavy (non-hydrogen) atoms. The number of hydrogen-bond donors (Lipinski definition) is 1. The van der Waals surface area contributed by atoms with Crippen LogP contribution in [0.4, 0.5) is 4.39 Å². The summed E-state index contributed by atoms with van der Waals surface area (Å²) >= 11 is 0. The Morgan fingerprint density at radius 2 is 2.12 bits per heavy atom. The molecule has 0 spiro atoms. The van der Waals surface area contributed by atoms with Gasteiger partial charge >= 0.3 is 0 Å². The van der Waals surface area contributed by atoms with E-state index in [0.29, 0.717) is 6.54 Å². The van der Waals surface area contributed by atoms with Crippen molar-refractivity contribution in [1.29, 1.82) is 0 Å². The summed E-state index contributed by atoms with van der Waals surface area (Å²) in [6.45, 7) is 4.44. The van der Waals surface area contributed by atoms with Gasteiger partial charge in [-0.2, -0.15) is 0 Å². The first-order valence-corrected chi connectivity index (χ1v) is 11.1. The summed E-state index contributed by atoms with van der Waals surface area (Å²) in [7, 11) is 0. The zero-order valence-corrected chi connectivity index (χ0v) is 18.3. The number of hydrogen-bond acceptors (Lipinski definition) is 3. The van der Waals surface area contributed by atoms with Gasteiger partial charge in [-0.3, -0.25) is 4.79 Å². The molecule has 0 saturated heterocycles. The largest absolute Gasteiger partial charge is 0.356 e. The van der Waals surface area contributed by atoms with Crippen molar-refractivity contribution < 1.29 is 13.7 Å². The highest BCUT2D eigenvalue weighted by atomic mass is 19.1. The Morgan fingerprint density at radius 3 is 2.88 bits per heavy atom. The van der Waals surface area contributed by atoms with Gasteiger partial charge in [0.1, 0.15) is 5.82 Å². The van der Waals surface area contributed by atoms with E-state index in [4.69, 9.17) is 4.52 Å². The molecule has 164 valence electrons. The van der Waals surface area contributed by atoms with E-state index in [9.17, 15) is 9.18 Å². The van der Waals surface area contributed by atoms with E-state index in [1.54, 1.807) is 18.3 Å².